The maximum Gasteiger partial charge on any atom is 0.409 e. The summed E-state index contributed by atoms with van der Waals surface area (Å²) in [7, 11) is 0. The first-order valence-electron chi connectivity index (χ1n) is 7.20. The molecule has 0 bridgehead atoms. The van der Waals surface area contributed by atoms with Gasteiger partial charge in [-0.1, -0.05) is 0 Å². The van der Waals surface area contributed by atoms with Crippen molar-refractivity contribution in [3.63, 3.8) is 0 Å². The maximum absolute atomic E-state index is 11.9. The SMILES string of the molecule is CCOC(=O)N1CCC2(CC1)C(C#N)=C(N)NC(S)=C2C(N)=O. The van der Waals surface area contributed by atoms with Gasteiger partial charge in [-0.15, -0.1) is 12.6 Å². The lowest BCUT2D eigenvalue weighted by Gasteiger charge is -2.44. The van der Waals surface area contributed by atoms with Crippen molar-refractivity contribution in [2.45, 2.75) is 19.8 Å². The minimum absolute atomic E-state index is 0.159. The van der Waals surface area contributed by atoms with Crippen LogP contribution in [0.4, 0.5) is 4.79 Å². The van der Waals surface area contributed by atoms with Crippen molar-refractivity contribution in [1.82, 2.24) is 10.2 Å². The number of ether oxygens (including phenoxy) is 1. The molecule has 0 radical (unpaired) electrons. The summed E-state index contributed by atoms with van der Waals surface area (Å²) in [6, 6.07) is 2.07. The number of dihydropyridines is 1. The van der Waals surface area contributed by atoms with Gasteiger partial charge in [-0.2, -0.15) is 5.26 Å². The van der Waals surface area contributed by atoms with E-state index < -0.39 is 17.4 Å². The number of nitrogens with two attached hydrogens (primary N) is 2. The number of primary amides is 1. The number of carbonyl (C=O) groups excluding carboxylic acids is 2. The molecule has 2 heterocycles. The molecule has 1 saturated heterocycles. The average molecular weight is 337 g/mol. The predicted molar refractivity (Wildman–Crippen MR) is 85.4 cm³/mol. The summed E-state index contributed by atoms with van der Waals surface area (Å²) < 4.78 is 4.98. The molecule has 0 aliphatic carbocycles. The summed E-state index contributed by atoms with van der Waals surface area (Å²) in [5.74, 6) is -0.501. The maximum atomic E-state index is 11.9. The van der Waals surface area contributed by atoms with Crippen LogP contribution in [-0.2, 0) is 9.53 Å². The Hall–Kier alpha value is -2.34. The van der Waals surface area contributed by atoms with Gasteiger partial charge in [0.1, 0.15) is 5.82 Å². The highest BCUT2D eigenvalue weighted by atomic mass is 32.1. The van der Waals surface area contributed by atoms with Gasteiger partial charge in [0, 0.05) is 18.5 Å². The minimum atomic E-state index is -0.921. The highest BCUT2D eigenvalue weighted by molar-refractivity contribution is 7.84. The third-order valence-corrected chi connectivity index (χ3v) is 4.55. The molecule has 2 aliphatic rings. The molecular weight excluding hydrogens is 318 g/mol. The largest absolute Gasteiger partial charge is 0.450 e. The molecule has 0 aromatic heterocycles. The van der Waals surface area contributed by atoms with Crippen LogP contribution in [0.1, 0.15) is 19.8 Å². The second-order valence-corrected chi connectivity index (χ2v) is 5.83. The fourth-order valence-corrected chi connectivity index (χ4v) is 3.61. The lowest BCUT2D eigenvalue weighted by Crippen LogP contribution is -2.50. The Labute approximate surface area is 139 Å². The topological polar surface area (TPSA) is 134 Å². The highest BCUT2D eigenvalue weighted by Gasteiger charge is 2.49. The van der Waals surface area contributed by atoms with E-state index in [-0.39, 0.29) is 28.6 Å². The molecular formula is C14H19N5O3S. The van der Waals surface area contributed by atoms with Gasteiger partial charge >= 0.3 is 6.09 Å². The van der Waals surface area contributed by atoms with Crippen LogP contribution in [0.5, 0.6) is 0 Å². The van der Waals surface area contributed by atoms with Gasteiger partial charge in [0.15, 0.2) is 0 Å². The van der Waals surface area contributed by atoms with E-state index >= 15 is 0 Å². The number of carbonyl (C=O) groups is 2. The molecule has 124 valence electrons. The highest BCUT2D eigenvalue weighted by Crippen LogP contribution is 2.48. The molecule has 0 aromatic rings. The van der Waals surface area contributed by atoms with Gasteiger partial charge < -0.3 is 26.4 Å². The number of hydrogen-bond acceptors (Lipinski definition) is 7. The van der Waals surface area contributed by atoms with Gasteiger partial charge in [-0.05, 0) is 19.8 Å². The molecule has 2 amide bonds. The minimum Gasteiger partial charge on any atom is -0.450 e. The molecule has 2 aliphatic heterocycles. The van der Waals surface area contributed by atoms with E-state index in [4.69, 9.17) is 16.2 Å². The molecule has 9 heteroatoms. The lowest BCUT2D eigenvalue weighted by atomic mass is 9.66. The van der Waals surface area contributed by atoms with Crippen molar-refractivity contribution in [3.05, 3.63) is 22.0 Å². The lowest BCUT2D eigenvalue weighted by molar-refractivity contribution is -0.115. The van der Waals surface area contributed by atoms with Crippen LogP contribution in [0.2, 0.25) is 0 Å². The first-order valence-corrected chi connectivity index (χ1v) is 7.64. The number of piperidine rings is 1. The molecule has 8 nitrogen and oxygen atoms in total. The molecule has 0 aromatic carbocycles. The number of thiol groups is 1. The van der Waals surface area contributed by atoms with Gasteiger partial charge in [-0.3, -0.25) is 4.79 Å². The van der Waals surface area contributed by atoms with Crippen LogP contribution in [0.3, 0.4) is 0 Å². The van der Waals surface area contributed by atoms with Crippen molar-refractivity contribution >= 4 is 24.6 Å². The van der Waals surface area contributed by atoms with E-state index in [2.05, 4.69) is 24.0 Å². The summed E-state index contributed by atoms with van der Waals surface area (Å²) in [6.07, 6.45) is 0.279. The summed E-state index contributed by atoms with van der Waals surface area (Å²) in [4.78, 5) is 25.3. The summed E-state index contributed by atoms with van der Waals surface area (Å²) in [5, 5.41) is 12.5. The standard InChI is InChI=1S/C14H19N5O3S/c1-2-22-13(21)19-5-3-14(4-6-19)8(7-15)10(16)18-12(23)9(14)11(17)20/h18,23H,2-6,16H2,1H3,(H2,17,20). The monoisotopic (exact) mass is 337 g/mol. The van der Waals surface area contributed by atoms with E-state index in [1.165, 1.54) is 0 Å². The molecule has 0 saturated carbocycles. The summed E-state index contributed by atoms with van der Waals surface area (Å²) in [5.41, 5.74) is 11.0. The van der Waals surface area contributed by atoms with Gasteiger partial charge in [-0.25, -0.2) is 4.79 Å². The van der Waals surface area contributed by atoms with Gasteiger partial charge in [0.05, 0.1) is 28.9 Å². The zero-order chi connectivity index (χ0) is 17.2. The van der Waals surface area contributed by atoms with Crippen molar-refractivity contribution in [2.75, 3.05) is 19.7 Å². The number of likely N-dealkylation sites (tertiary alicyclic amines) is 1. The number of rotatable bonds is 2. The van der Waals surface area contributed by atoms with Crippen molar-refractivity contribution in [3.8, 4) is 6.07 Å². The summed E-state index contributed by atoms with van der Waals surface area (Å²) in [6.45, 7) is 2.67. The molecule has 23 heavy (non-hydrogen) atoms. The van der Waals surface area contributed by atoms with E-state index in [1.54, 1.807) is 11.8 Å². The number of hydrogen-bond donors (Lipinski definition) is 4. The first-order chi connectivity index (χ1) is 10.9. The normalized spacial score (nSPS) is 20.1. The zero-order valence-corrected chi connectivity index (χ0v) is 13.7. The molecule has 5 N–H and O–H groups in total. The van der Waals surface area contributed by atoms with Crippen LogP contribution < -0.4 is 16.8 Å². The van der Waals surface area contributed by atoms with Crippen LogP contribution in [-0.4, -0.2) is 36.6 Å². The fourth-order valence-electron chi connectivity index (χ4n) is 3.17. The Morgan fingerprint density at radius 1 is 1.48 bits per heavy atom. The van der Waals surface area contributed by atoms with Crippen LogP contribution in [0.25, 0.3) is 0 Å². The fraction of sp³-hybridized carbons (Fsp3) is 0.500. The molecule has 1 fully saturated rings. The van der Waals surface area contributed by atoms with Crippen molar-refractivity contribution in [2.24, 2.45) is 16.9 Å². The smallest absolute Gasteiger partial charge is 0.409 e. The molecule has 2 rings (SSSR count). The first kappa shape index (κ1) is 17.0. The number of nitrogens with zero attached hydrogens (tertiary/aromatic N) is 2. The Kier molecular flexibility index (Phi) is 4.75. The molecule has 0 unspecified atom stereocenters. The molecule has 1 spiro atoms. The molecule has 0 atom stereocenters. The van der Waals surface area contributed by atoms with E-state index in [1.807, 2.05) is 0 Å². The quantitative estimate of drug-likeness (QED) is 0.530. The second kappa shape index (κ2) is 6.42. The number of allylic oxidation sites excluding steroid dienone is 1. The van der Waals surface area contributed by atoms with Crippen LogP contribution >= 0.6 is 12.6 Å². The van der Waals surface area contributed by atoms with E-state index in [0.717, 1.165) is 0 Å². The van der Waals surface area contributed by atoms with Crippen molar-refractivity contribution in [1.29, 1.82) is 5.26 Å². The van der Waals surface area contributed by atoms with Crippen molar-refractivity contribution < 1.29 is 14.3 Å². The number of nitriles is 1. The van der Waals surface area contributed by atoms with Crippen LogP contribution in [0.15, 0.2) is 22.0 Å². The van der Waals surface area contributed by atoms with Gasteiger partial charge in [0.25, 0.3) is 0 Å². The summed E-state index contributed by atoms with van der Waals surface area (Å²) >= 11 is 4.25. The Bertz CT molecular complexity index is 641. The van der Waals surface area contributed by atoms with Crippen LogP contribution in [0, 0.1) is 16.7 Å². The predicted octanol–water partition coefficient (Wildman–Crippen LogP) is 0.149. The Morgan fingerprint density at radius 2 is 2.09 bits per heavy atom. The third kappa shape index (κ3) is 2.82. The number of amides is 2. The second-order valence-electron chi connectivity index (χ2n) is 5.38. The van der Waals surface area contributed by atoms with E-state index in [9.17, 15) is 14.9 Å². The Morgan fingerprint density at radius 3 is 2.57 bits per heavy atom. The zero-order valence-electron chi connectivity index (χ0n) is 12.8. The third-order valence-electron chi connectivity index (χ3n) is 4.22. The van der Waals surface area contributed by atoms with E-state index in [0.29, 0.717) is 25.9 Å². The average Bonchev–Trinajstić information content (AvgIpc) is 2.47. The number of nitrogens with one attached hydrogen (secondary N) is 1. The Balaban J connectivity index is 2.37. The van der Waals surface area contributed by atoms with Gasteiger partial charge in [0.2, 0.25) is 5.91 Å².